The number of hydrogen-bond acceptors (Lipinski definition) is 2. The Morgan fingerprint density at radius 1 is 1.44 bits per heavy atom. The van der Waals surface area contributed by atoms with Crippen molar-refractivity contribution in [2.45, 2.75) is 51.1 Å². The molecular formula is C13H18N2O. The van der Waals surface area contributed by atoms with E-state index >= 15 is 0 Å². The highest BCUT2D eigenvalue weighted by Crippen LogP contribution is 2.37. The summed E-state index contributed by atoms with van der Waals surface area (Å²) in [4.78, 5) is 12.3. The van der Waals surface area contributed by atoms with E-state index in [1.54, 1.807) is 0 Å². The van der Waals surface area contributed by atoms with Gasteiger partial charge in [-0.05, 0) is 50.7 Å². The van der Waals surface area contributed by atoms with Gasteiger partial charge in [0.2, 0.25) is 0 Å². The van der Waals surface area contributed by atoms with Crippen molar-refractivity contribution in [1.82, 2.24) is 4.57 Å². The number of fused-ring (bicyclic) bond motifs is 1. The van der Waals surface area contributed by atoms with Gasteiger partial charge in [-0.1, -0.05) is 0 Å². The number of hydrogen-bond donors (Lipinski definition) is 1. The number of aryl methyl sites for hydroxylation is 1. The van der Waals surface area contributed by atoms with Crippen molar-refractivity contribution in [2.75, 3.05) is 0 Å². The Kier molecular flexibility index (Phi) is 2.18. The number of nitrogens with two attached hydrogens (primary N) is 1. The maximum Gasteiger partial charge on any atom is 0.255 e. The van der Waals surface area contributed by atoms with E-state index in [1.807, 2.05) is 17.6 Å². The molecule has 2 aliphatic rings. The molecule has 1 fully saturated rings. The summed E-state index contributed by atoms with van der Waals surface area (Å²) in [6, 6.07) is 2.37. The van der Waals surface area contributed by atoms with E-state index in [4.69, 9.17) is 5.73 Å². The predicted octanol–water partition coefficient (Wildman–Crippen LogP) is 1.69. The van der Waals surface area contributed by atoms with Crippen LogP contribution in [0.4, 0.5) is 0 Å². The second kappa shape index (κ2) is 3.45. The zero-order valence-electron chi connectivity index (χ0n) is 9.70. The Labute approximate surface area is 95.3 Å². The first-order chi connectivity index (χ1) is 7.68. The smallest absolute Gasteiger partial charge is 0.255 e. The molecule has 2 N–H and O–H groups in total. The minimum absolute atomic E-state index is 0.150. The Morgan fingerprint density at radius 2 is 2.19 bits per heavy atom. The van der Waals surface area contributed by atoms with Gasteiger partial charge >= 0.3 is 0 Å². The van der Waals surface area contributed by atoms with Gasteiger partial charge < -0.3 is 10.3 Å². The molecular weight excluding hydrogens is 200 g/mol. The van der Waals surface area contributed by atoms with Crippen molar-refractivity contribution >= 4 is 0 Å². The highest BCUT2D eigenvalue weighted by Gasteiger charge is 2.30. The lowest BCUT2D eigenvalue weighted by atomic mass is 10.1. The summed E-state index contributed by atoms with van der Waals surface area (Å²) in [6.07, 6.45) is 5.69. The average Bonchev–Trinajstić information content (AvgIpc) is 2.94. The summed E-state index contributed by atoms with van der Waals surface area (Å²) < 4.78 is 2.04. The minimum Gasteiger partial charge on any atom is -0.324 e. The molecule has 0 radical (unpaired) electrons. The first-order valence-corrected chi connectivity index (χ1v) is 6.21. The van der Waals surface area contributed by atoms with Crippen molar-refractivity contribution in [2.24, 2.45) is 5.73 Å². The average molecular weight is 218 g/mol. The maximum absolute atomic E-state index is 12.3. The predicted molar refractivity (Wildman–Crippen MR) is 63.6 cm³/mol. The summed E-state index contributed by atoms with van der Waals surface area (Å²) in [5, 5.41) is 0. The molecule has 0 aliphatic heterocycles. The quantitative estimate of drug-likeness (QED) is 0.821. The largest absolute Gasteiger partial charge is 0.324 e. The van der Waals surface area contributed by atoms with E-state index in [0.717, 1.165) is 31.2 Å². The van der Waals surface area contributed by atoms with Gasteiger partial charge in [-0.15, -0.1) is 0 Å². The molecule has 3 nitrogen and oxygen atoms in total. The van der Waals surface area contributed by atoms with E-state index in [0.29, 0.717) is 6.04 Å². The van der Waals surface area contributed by atoms with Gasteiger partial charge in [0.05, 0.1) is 0 Å². The van der Waals surface area contributed by atoms with E-state index in [-0.39, 0.29) is 11.6 Å². The van der Waals surface area contributed by atoms with Gasteiger partial charge in [0.25, 0.3) is 5.56 Å². The molecule has 1 aromatic rings. The Hall–Kier alpha value is -1.09. The van der Waals surface area contributed by atoms with Crippen molar-refractivity contribution in [3.8, 4) is 0 Å². The van der Waals surface area contributed by atoms with E-state index in [1.165, 1.54) is 17.7 Å². The molecule has 1 heterocycles. The third-order valence-electron chi connectivity index (χ3n) is 3.72. The number of aromatic nitrogens is 1. The second-order valence-electron chi connectivity index (χ2n) is 5.12. The molecule has 1 atom stereocenters. The second-order valence-corrected chi connectivity index (χ2v) is 5.12. The fourth-order valence-electron chi connectivity index (χ4n) is 2.74. The standard InChI is InChI=1S/C13H18N2O/c1-8(14)11-7-9-3-2-4-12(9)15(13(11)16)10-5-6-10/h7-8,10H,2-6,14H2,1H3. The van der Waals surface area contributed by atoms with Gasteiger partial charge in [-0.2, -0.15) is 0 Å². The molecule has 0 aromatic carbocycles. The van der Waals surface area contributed by atoms with Crippen LogP contribution in [0.25, 0.3) is 0 Å². The van der Waals surface area contributed by atoms with Crippen LogP contribution in [0.3, 0.4) is 0 Å². The SMILES string of the molecule is CC(N)c1cc2c(n(C3CC3)c1=O)CCC2. The molecule has 3 rings (SSSR count). The summed E-state index contributed by atoms with van der Waals surface area (Å²) in [6.45, 7) is 1.90. The highest BCUT2D eigenvalue weighted by molar-refractivity contribution is 5.32. The van der Waals surface area contributed by atoms with E-state index in [9.17, 15) is 4.79 Å². The van der Waals surface area contributed by atoms with Crippen molar-refractivity contribution in [3.05, 3.63) is 33.2 Å². The molecule has 1 saturated carbocycles. The minimum atomic E-state index is -0.150. The van der Waals surface area contributed by atoms with Crippen LogP contribution < -0.4 is 11.3 Å². The normalized spacial score (nSPS) is 20.9. The monoisotopic (exact) mass is 218 g/mol. The van der Waals surface area contributed by atoms with Crippen LogP contribution in [0.1, 0.15) is 55.1 Å². The Bertz CT molecular complexity index is 483. The highest BCUT2D eigenvalue weighted by atomic mass is 16.1. The molecule has 3 heteroatoms. The van der Waals surface area contributed by atoms with Crippen LogP contribution in [0, 0.1) is 0 Å². The summed E-state index contributed by atoms with van der Waals surface area (Å²) in [5.41, 5.74) is 9.50. The Balaban J connectivity index is 2.24. The number of nitrogens with zero attached hydrogens (tertiary/aromatic N) is 1. The third-order valence-corrected chi connectivity index (χ3v) is 3.72. The van der Waals surface area contributed by atoms with Crippen molar-refractivity contribution in [3.63, 3.8) is 0 Å². The Morgan fingerprint density at radius 3 is 2.81 bits per heavy atom. The molecule has 0 amide bonds. The fraction of sp³-hybridized carbons (Fsp3) is 0.615. The first kappa shape index (κ1) is 10.1. The van der Waals surface area contributed by atoms with Gasteiger partial charge in [0, 0.05) is 23.3 Å². The van der Waals surface area contributed by atoms with Gasteiger partial charge in [0.1, 0.15) is 0 Å². The molecule has 0 spiro atoms. The summed E-state index contributed by atoms with van der Waals surface area (Å²) in [7, 11) is 0. The van der Waals surface area contributed by atoms with E-state index < -0.39 is 0 Å². The molecule has 1 aromatic heterocycles. The lowest BCUT2D eigenvalue weighted by Gasteiger charge is -2.15. The number of pyridine rings is 1. The molecule has 0 saturated heterocycles. The van der Waals surface area contributed by atoms with Crippen LogP contribution in [0.15, 0.2) is 10.9 Å². The summed E-state index contributed by atoms with van der Waals surface area (Å²) in [5.74, 6) is 0. The molecule has 86 valence electrons. The fourth-order valence-corrected chi connectivity index (χ4v) is 2.74. The van der Waals surface area contributed by atoms with Crippen LogP contribution in [-0.4, -0.2) is 4.57 Å². The molecule has 2 aliphatic carbocycles. The molecule has 1 unspecified atom stereocenters. The van der Waals surface area contributed by atoms with Gasteiger partial charge in [-0.3, -0.25) is 4.79 Å². The zero-order chi connectivity index (χ0) is 11.3. The first-order valence-electron chi connectivity index (χ1n) is 6.21. The molecule has 0 bridgehead atoms. The van der Waals surface area contributed by atoms with Crippen molar-refractivity contribution in [1.29, 1.82) is 0 Å². The van der Waals surface area contributed by atoms with Gasteiger partial charge in [-0.25, -0.2) is 0 Å². The van der Waals surface area contributed by atoms with Crippen molar-refractivity contribution < 1.29 is 0 Å². The zero-order valence-corrected chi connectivity index (χ0v) is 9.70. The van der Waals surface area contributed by atoms with Crippen LogP contribution >= 0.6 is 0 Å². The van der Waals surface area contributed by atoms with Crippen LogP contribution in [0.5, 0.6) is 0 Å². The topological polar surface area (TPSA) is 48.0 Å². The summed E-state index contributed by atoms with van der Waals surface area (Å²) >= 11 is 0. The lowest BCUT2D eigenvalue weighted by molar-refractivity contribution is 0.643. The number of rotatable bonds is 2. The molecule has 16 heavy (non-hydrogen) atoms. The van der Waals surface area contributed by atoms with Crippen LogP contribution in [0.2, 0.25) is 0 Å². The maximum atomic E-state index is 12.3. The van der Waals surface area contributed by atoms with Gasteiger partial charge in [0.15, 0.2) is 0 Å². The van der Waals surface area contributed by atoms with E-state index in [2.05, 4.69) is 0 Å². The van der Waals surface area contributed by atoms with Crippen LogP contribution in [-0.2, 0) is 12.8 Å². The third kappa shape index (κ3) is 1.42. The lowest BCUT2D eigenvalue weighted by Crippen LogP contribution is -2.29.